The first-order chi connectivity index (χ1) is 5.24. The summed E-state index contributed by atoms with van der Waals surface area (Å²) in [5.74, 6) is 0.338. The van der Waals surface area contributed by atoms with Crippen molar-refractivity contribution in [3.8, 4) is 0 Å². The molecule has 2 heteroatoms. The lowest BCUT2D eigenvalue weighted by molar-refractivity contribution is -0.118. The number of carbonyl (C=O) groups is 1. The summed E-state index contributed by atoms with van der Waals surface area (Å²) in [6.45, 7) is 2.07. The molecule has 1 rings (SSSR count). The minimum atomic E-state index is 0.338. The van der Waals surface area contributed by atoms with Gasteiger partial charge in [-0.1, -0.05) is 5.57 Å². The van der Waals surface area contributed by atoms with Gasteiger partial charge in [0, 0.05) is 26.1 Å². The van der Waals surface area contributed by atoms with E-state index >= 15 is 0 Å². The molecule has 2 nitrogen and oxygen atoms in total. The molecule has 1 aliphatic rings. The zero-order valence-corrected chi connectivity index (χ0v) is 7.05. The van der Waals surface area contributed by atoms with Gasteiger partial charge in [-0.2, -0.15) is 0 Å². The number of aliphatic imine (C=N–C) groups is 1. The Labute approximate surface area is 67.0 Å². The molecule has 0 heterocycles. The lowest BCUT2D eigenvalue weighted by Gasteiger charge is -2.12. The quantitative estimate of drug-likeness (QED) is 0.525. The molecule has 0 unspecified atom stereocenters. The highest BCUT2D eigenvalue weighted by Gasteiger charge is 2.13. The minimum absolute atomic E-state index is 0.338. The van der Waals surface area contributed by atoms with E-state index in [9.17, 15) is 4.79 Å². The molecule has 0 saturated heterocycles. The van der Waals surface area contributed by atoms with E-state index in [2.05, 4.69) is 11.9 Å². The van der Waals surface area contributed by atoms with Crippen LogP contribution in [0.15, 0.2) is 16.1 Å². The molecule has 60 valence electrons. The maximum atomic E-state index is 11.0. The molecule has 11 heavy (non-hydrogen) atoms. The third kappa shape index (κ3) is 2.00. The first-order valence-electron chi connectivity index (χ1n) is 3.86. The van der Waals surface area contributed by atoms with Crippen LogP contribution < -0.4 is 0 Å². The monoisotopic (exact) mass is 151 g/mol. The van der Waals surface area contributed by atoms with E-state index < -0.39 is 0 Å². The Morgan fingerprint density at radius 1 is 1.45 bits per heavy atom. The maximum absolute atomic E-state index is 11.0. The summed E-state index contributed by atoms with van der Waals surface area (Å²) in [7, 11) is 1.74. The van der Waals surface area contributed by atoms with Crippen LogP contribution >= 0.6 is 0 Å². The molecular weight excluding hydrogens is 138 g/mol. The summed E-state index contributed by atoms with van der Waals surface area (Å²) in [5, 5.41) is 0. The van der Waals surface area contributed by atoms with Gasteiger partial charge in [0.25, 0.3) is 0 Å². The summed E-state index contributed by atoms with van der Waals surface area (Å²) < 4.78 is 0. The number of hydrogen-bond donors (Lipinski definition) is 0. The highest BCUT2D eigenvalue weighted by Crippen LogP contribution is 2.20. The fourth-order valence-electron chi connectivity index (χ4n) is 1.25. The van der Waals surface area contributed by atoms with Crippen LogP contribution in [-0.4, -0.2) is 19.0 Å². The molecule has 0 fully saturated rings. The zero-order valence-electron chi connectivity index (χ0n) is 7.05. The Balaban J connectivity index is 2.79. The number of carbonyl (C=O) groups excluding carboxylic acids is 1. The van der Waals surface area contributed by atoms with E-state index in [1.165, 1.54) is 5.57 Å². The molecule has 0 aromatic heterocycles. The molecule has 0 amide bonds. The summed E-state index contributed by atoms with van der Waals surface area (Å²) >= 11 is 0. The van der Waals surface area contributed by atoms with Gasteiger partial charge in [0.05, 0.1) is 0 Å². The Kier molecular flexibility index (Phi) is 2.58. The summed E-state index contributed by atoms with van der Waals surface area (Å²) in [5.41, 5.74) is 2.43. The summed E-state index contributed by atoms with van der Waals surface area (Å²) in [6.07, 6.45) is 4.02. The van der Waals surface area contributed by atoms with Crippen molar-refractivity contribution >= 4 is 12.0 Å². The highest BCUT2D eigenvalue weighted by molar-refractivity contribution is 5.92. The second-order valence-electron chi connectivity index (χ2n) is 2.91. The molecule has 0 bridgehead atoms. The number of allylic oxidation sites excluding steroid dienone is 2. The number of hydrogen-bond acceptors (Lipinski definition) is 2. The van der Waals surface area contributed by atoms with Crippen molar-refractivity contribution in [2.75, 3.05) is 7.05 Å². The van der Waals surface area contributed by atoms with E-state index in [1.807, 2.05) is 0 Å². The maximum Gasteiger partial charge on any atom is 0.137 e. The second kappa shape index (κ2) is 3.46. The minimum Gasteiger partial charge on any atom is -0.299 e. The number of nitrogens with zero attached hydrogens (tertiary/aromatic N) is 1. The molecule has 0 aliphatic heterocycles. The molecule has 0 atom stereocenters. The van der Waals surface area contributed by atoms with Gasteiger partial charge in [-0.3, -0.25) is 9.79 Å². The lowest BCUT2D eigenvalue weighted by atomic mass is 9.92. The predicted molar refractivity (Wildman–Crippen MR) is 46.0 cm³/mol. The van der Waals surface area contributed by atoms with E-state index in [1.54, 1.807) is 13.3 Å². The van der Waals surface area contributed by atoms with Gasteiger partial charge in [-0.25, -0.2) is 0 Å². The van der Waals surface area contributed by atoms with Crippen molar-refractivity contribution in [2.45, 2.75) is 26.2 Å². The fraction of sp³-hybridized carbons (Fsp3) is 0.556. The first-order valence-corrected chi connectivity index (χ1v) is 3.86. The smallest absolute Gasteiger partial charge is 0.137 e. The van der Waals surface area contributed by atoms with E-state index in [0.717, 1.165) is 12.0 Å². The van der Waals surface area contributed by atoms with E-state index in [4.69, 9.17) is 0 Å². The van der Waals surface area contributed by atoms with Crippen molar-refractivity contribution in [1.82, 2.24) is 0 Å². The third-order valence-corrected chi connectivity index (χ3v) is 2.00. The molecular formula is C9H13NO. The van der Waals surface area contributed by atoms with Crippen LogP contribution in [0.5, 0.6) is 0 Å². The molecule has 0 aromatic rings. The van der Waals surface area contributed by atoms with Crippen molar-refractivity contribution in [1.29, 1.82) is 0 Å². The SMILES string of the molecule is CN=CC1=C(C)CCC(=O)C1. The van der Waals surface area contributed by atoms with Crippen molar-refractivity contribution in [3.63, 3.8) is 0 Å². The van der Waals surface area contributed by atoms with Crippen LogP contribution in [0.3, 0.4) is 0 Å². The molecule has 0 N–H and O–H groups in total. The standard InChI is InChI=1S/C9H13NO/c1-7-3-4-9(11)5-8(7)6-10-2/h6H,3-5H2,1-2H3. The predicted octanol–water partition coefficient (Wildman–Crippen LogP) is 1.76. The van der Waals surface area contributed by atoms with Gasteiger partial charge < -0.3 is 0 Å². The van der Waals surface area contributed by atoms with Gasteiger partial charge in [-0.15, -0.1) is 0 Å². The number of rotatable bonds is 1. The Hall–Kier alpha value is -0.920. The second-order valence-corrected chi connectivity index (χ2v) is 2.91. The van der Waals surface area contributed by atoms with E-state index in [0.29, 0.717) is 18.6 Å². The number of Topliss-reactive ketones (excluding diaryl/α,β-unsaturated/α-hetero) is 1. The topological polar surface area (TPSA) is 29.4 Å². The van der Waals surface area contributed by atoms with Crippen molar-refractivity contribution in [3.05, 3.63) is 11.1 Å². The van der Waals surface area contributed by atoms with Crippen molar-refractivity contribution in [2.24, 2.45) is 4.99 Å². The highest BCUT2D eigenvalue weighted by atomic mass is 16.1. The fourth-order valence-corrected chi connectivity index (χ4v) is 1.25. The van der Waals surface area contributed by atoms with Gasteiger partial charge in [0.2, 0.25) is 0 Å². The lowest BCUT2D eigenvalue weighted by Crippen LogP contribution is -2.08. The van der Waals surface area contributed by atoms with Gasteiger partial charge >= 0.3 is 0 Å². The Bertz CT molecular complexity index is 226. The molecule has 1 aliphatic carbocycles. The van der Waals surface area contributed by atoms with Crippen LogP contribution in [-0.2, 0) is 4.79 Å². The third-order valence-electron chi connectivity index (χ3n) is 2.00. The summed E-state index contributed by atoms with van der Waals surface area (Å²) in [6, 6.07) is 0. The average Bonchev–Trinajstić information content (AvgIpc) is 1.98. The van der Waals surface area contributed by atoms with Gasteiger partial charge in [0.1, 0.15) is 5.78 Å². The van der Waals surface area contributed by atoms with Crippen LogP contribution in [0.1, 0.15) is 26.2 Å². The Morgan fingerprint density at radius 3 is 2.82 bits per heavy atom. The first kappa shape index (κ1) is 8.18. The van der Waals surface area contributed by atoms with Crippen LogP contribution in [0, 0.1) is 0 Å². The molecule has 0 radical (unpaired) electrons. The van der Waals surface area contributed by atoms with Gasteiger partial charge in [0.15, 0.2) is 0 Å². The van der Waals surface area contributed by atoms with E-state index in [-0.39, 0.29) is 0 Å². The molecule has 0 spiro atoms. The summed E-state index contributed by atoms with van der Waals surface area (Å²) in [4.78, 5) is 14.9. The van der Waals surface area contributed by atoms with Gasteiger partial charge in [-0.05, 0) is 18.9 Å². The Morgan fingerprint density at radius 2 is 2.18 bits per heavy atom. The number of ketones is 1. The van der Waals surface area contributed by atoms with Crippen LogP contribution in [0.4, 0.5) is 0 Å². The van der Waals surface area contributed by atoms with Crippen molar-refractivity contribution < 1.29 is 4.79 Å². The molecule has 0 saturated carbocycles. The van der Waals surface area contributed by atoms with Crippen LogP contribution in [0.25, 0.3) is 0 Å². The molecule has 0 aromatic carbocycles. The van der Waals surface area contributed by atoms with Crippen LogP contribution in [0.2, 0.25) is 0 Å². The normalized spacial score (nSPS) is 20.0. The average molecular weight is 151 g/mol. The zero-order chi connectivity index (χ0) is 8.27. The largest absolute Gasteiger partial charge is 0.299 e.